The molecule has 7 heteroatoms. The third-order valence-electron chi connectivity index (χ3n) is 5.76. The molecule has 0 amide bonds. The molecule has 0 bridgehead atoms. The standard InChI is InChI=1S/C20H29N3O3S/c1-26-19-9-7-18(8-10-19)20(15-21)22-11-13-23(14-12-22)27(24,25)16-17-5-3-2-4-6-17/h7-10,17,20H,2-6,11-14,16H2,1H3/t20-/m0/s1. The van der Waals surface area contributed by atoms with Crippen molar-refractivity contribution in [3.8, 4) is 11.8 Å². The normalized spacial score (nSPS) is 21.5. The highest BCUT2D eigenvalue weighted by Crippen LogP contribution is 2.27. The van der Waals surface area contributed by atoms with Crippen molar-refractivity contribution in [3.05, 3.63) is 29.8 Å². The van der Waals surface area contributed by atoms with E-state index in [-0.39, 0.29) is 11.8 Å². The number of sulfonamides is 1. The molecule has 1 aliphatic carbocycles. The minimum absolute atomic E-state index is 0.285. The summed E-state index contributed by atoms with van der Waals surface area (Å²) in [6.45, 7) is 2.08. The second-order valence-corrected chi connectivity index (χ2v) is 9.54. The van der Waals surface area contributed by atoms with Crippen molar-refractivity contribution in [2.45, 2.75) is 38.1 Å². The van der Waals surface area contributed by atoms with E-state index in [9.17, 15) is 13.7 Å². The van der Waals surface area contributed by atoms with Gasteiger partial charge >= 0.3 is 0 Å². The molecule has 1 aromatic carbocycles. The van der Waals surface area contributed by atoms with E-state index >= 15 is 0 Å². The fraction of sp³-hybridized carbons (Fsp3) is 0.650. The molecule has 27 heavy (non-hydrogen) atoms. The first kappa shape index (κ1) is 20.1. The van der Waals surface area contributed by atoms with Crippen molar-refractivity contribution >= 4 is 10.0 Å². The molecule has 6 nitrogen and oxygen atoms in total. The summed E-state index contributed by atoms with van der Waals surface area (Å²) in [6, 6.07) is 9.51. The molecule has 1 heterocycles. The SMILES string of the molecule is COc1ccc([C@H](C#N)N2CCN(S(=O)(=O)CC3CCCCC3)CC2)cc1. The van der Waals surface area contributed by atoms with Crippen LogP contribution >= 0.6 is 0 Å². The summed E-state index contributed by atoms with van der Waals surface area (Å²) in [7, 11) is -1.59. The van der Waals surface area contributed by atoms with Gasteiger partial charge in [-0.2, -0.15) is 9.57 Å². The predicted molar refractivity (Wildman–Crippen MR) is 105 cm³/mol. The smallest absolute Gasteiger partial charge is 0.214 e. The van der Waals surface area contributed by atoms with Crippen LogP contribution in [0.2, 0.25) is 0 Å². The van der Waals surface area contributed by atoms with Crippen LogP contribution in [-0.4, -0.2) is 56.7 Å². The molecular formula is C20H29N3O3S. The van der Waals surface area contributed by atoms with E-state index in [0.717, 1.165) is 37.0 Å². The van der Waals surface area contributed by atoms with Gasteiger partial charge in [-0.25, -0.2) is 8.42 Å². The minimum Gasteiger partial charge on any atom is -0.497 e. The number of hydrogen-bond acceptors (Lipinski definition) is 5. The van der Waals surface area contributed by atoms with Crippen LogP contribution in [0, 0.1) is 17.2 Å². The highest BCUT2D eigenvalue weighted by molar-refractivity contribution is 7.89. The van der Waals surface area contributed by atoms with E-state index in [2.05, 4.69) is 11.0 Å². The van der Waals surface area contributed by atoms with Gasteiger partial charge in [-0.1, -0.05) is 31.4 Å². The zero-order valence-electron chi connectivity index (χ0n) is 16.0. The molecule has 1 aliphatic heterocycles. The molecule has 0 unspecified atom stereocenters. The largest absolute Gasteiger partial charge is 0.497 e. The minimum atomic E-state index is -3.21. The van der Waals surface area contributed by atoms with E-state index in [1.807, 2.05) is 24.3 Å². The lowest BCUT2D eigenvalue weighted by Crippen LogP contribution is -2.50. The number of ether oxygens (including phenoxy) is 1. The summed E-state index contributed by atoms with van der Waals surface area (Å²) < 4.78 is 32.3. The maximum Gasteiger partial charge on any atom is 0.214 e. The quantitative estimate of drug-likeness (QED) is 0.745. The van der Waals surface area contributed by atoms with Gasteiger partial charge in [0.25, 0.3) is 0 Å². The molecule has 0 spiro atoms. The summed E-state index contributed by atoms with van der Waals surface area (Å²) in [5, 5.41) is 9.65. The van der Waals surface area contributed by atoms with Gasteiger partial charge in [0.1, 0.15) is 11.8 Å². The maximum absolute atomic E-state index is 12.8. The number of hydrogen-bond donors (Lipinski definition) is 0. The predicted octanol–water partition coefficient (Wildman–Crippen LogP) is 2.79. The van der Waals surface area contributed by atoms with E-state index < -0.39 is 10.0 Å². The van der Waals surface area contributed by atoms with Gasteiger partial charge in [-0.3, -0.25) is 4.90 Å². The Hall–Kier alpha value is -1.62. The van der Waals surface area contributed by atoms with Crippen LogP contribution in [0.1, 0.15) is 43.7 Å². The molecule has 2 fully saturated rings. The lowest BCUT2D eigenvalue weighted by atomic mass is 9.91. The third-order valence-corrected chi connectivity index (χ3v) is 7.80. The number of nitrogens with zero attached hydrogens (tertiary/aromatic N) is 3. The molecule has 2 aliphatic rings. The topological polar surface area (TPSA) is 73.6 Å². The van der Waals surface area contributed by atoms with Gasteiger partial charge in [0, 0.05) is 26.2 Å². The lowest BCUT2D eigenvalue weighted by molar-refractivity contribution is 0.162. The van der Waals surface area contributed by atoms with Gasteiger partial charge in [0.15, 0.2) is 0 Å². The Morgan fingerprint density at radius 3 is 2.30 bits per heavy atom. The third kappa shape index (κ3) is 5.01. The Morgan fingerprint density at radius 2 is 1.74 bits per heavy atom. The Labute approximate surface area is 162 Å². The summed E-state index contributed by atoms with van der Waals surface area (Å²) in [5.41, 5.74) is 0.914. The summed E-state index contributed by atoms with van der Waals surface area (Å²) in [5.74, 6) is 1.36. The van der Waals surface area contributed by atoms with Crippen molar-refractivity contribution in [1.82, 2.24) is 9.21 Å². The average Bonchev–Trinajstić information content (AvgIpc) is 2.70. The molecule has 0 radical (unpaired) electrons. The van der Waals surface area contributed by atoms with Crippen LogP contribution in [0.5, 0.6) is 5.75 Å². The van der Waals surface area contributed by atoms with E-state index in [0.29, 0.717) is 32.1 Å². The van der Waals surface area contributed by atoms with Crippen LogP contribution in [0.3, 0.4) is 0 Å². The van der Waals surface area contributed by atoms with Gasteiger partial charge in [0.05, 0.1) is 18.9 Å². The van der Waals surface area contributed by atoms with E-state index in [1.54, 1.807) is 11.4 Å². The van der Waals surface area contributed by atoms with Crippen LogP contribution < -0.4 is 4.74 Å². The Morgan fingerprint density at radius 1 is 1.11 bits per heavy atom. The van der Waals surface area contributed by atoms with Crippen molar-refractivity contribution in [3.63, 3.8) is 0 Å². The first-order valence-electron chi connectivity index (χ1n) is 9.79. The number of rotatable bonds is 6. The fourth-order valence-corrected chi connectivity index (χ4v) is 6.01. The lowest BCUT2D eigenvalue weighted by Gasteiger charge is -2.37. The first-order valence-corrected chi connectivity index (χ1v) is 11.4. The number of methoxy groups -OCH3 is 1. The first-order chi connectivity index (χ1) is 13.0. The van der Waals surface area contributed by atoms with E-state index in [1.165, 1.54) is 6.42 Å². The highest BCUT2D eigenvalue weighted by Gasteiger charge is 2.32. The molecule has 148 valence electrons. The monoisotopic (exact) mass is 391 g/mol. The molecule has 0 N–H and O–H groups in total. The van der Waals surface area contributed by atoms with Crippen LogP contribution in [0.4, 0.5) is 0 Å². The Bertz CT molecular complexity index is 744. The van der Waals surface area contributed by atoms with Crippen LogP contribution in [-0.2, 0) is 10.0 Å². The van der Waals surface area contributed by atoms with Crippen molar-refractivity contribution in [2.75, 3.05) is 39.0 Å². The van der Waals surface area contributed by atoms with Crippen molar-refractivity contribution in [2.24, 2.45) is 5.92 Å². The van der Waals surface area contributed by atoms with Crippen molar-refractivity contribution in [1.29, 1.82) is 5.26 Å². The van der Waals surface area contributed by atoms with Gasteiger partial charge in [-0.05, 0) is 36.5 Å². The molecule has 0 aromatic heterocycles. The molecular weight excluding hydrogens is 362 g/mol. The molecule has 3 rings (SSSR count). The van der Waals surface area contributed by atoms with Gasteiger partial charge in [0.2, 0.25) is 10.0 Å². The highest BCUT2D eigenvalue weighted by atomic mass is 32.2. The zero-order valence-corrected chi connectivity index (χ0v) is 16.8. The fourth-order valence-electron chi connectivity index (χ4n) is 4.15. The van der Waals surface area contributed by atoms with E-state index in [4.69, 9.17) is 4.74 Å². The summed E-state index contributed by atoms with van der Waals surface area (Å²) in [4.78, 5) is 2.06. The number of nitriles is 1. The molecule has 1 aromatic rings. The van der Waals surface area contributed by atoms with Crippen LogP contribution in [0.25, 0.3) is 0 Å². The number of benzene rings is 1. The molecule has 1 atom stereocenters. The van der Waals surface area contributed by atoms with Gasteiger partial charge in [-0.15, -0.1) is 0 Å². The Kier molecular flexibility index (Phi) is 6.74. The summed E-state index contributed by atoms with van der Waals surface area (Å²) >= 11 is 0. The molecule has 1 saturated carbocycles. The summed E-state index contributed by atoms with van der Waals surface area (Å²) in [6.07, 6.45) is 5.61. The van der Waals surface area contributed by atoms with Gasteiger partial charge < -0.3 is 4.74 Å². The zero-order chi connectivity index (χ0) is 19.3. The maximum atomic E-state index is 12.8. The van der Waals surface area contributed by atoms with Crippen LogP contribution in [0.15, 0.2) is 24.3 Å². The number of piperazine rings is 1. The molecule has 1 saturated heterocycles. The van der Waals surface area contributed by atoms with Crippen molar-refractivity contribution < 1.29 is 13.2 Å². The second kappa shape index (κ2) is 9.05. The Balaban J connectivity index is 1.58. The second-order valence-electron chi connectivity index (χ2n) is 7.52. The average molecular weight is 392 g/mol.